The Morgan fingerprint density at radius 1 is 1.28 bits per heavy atom. The van der Waals surface area contributed by atoms with E-state index in [4.69, 9.17) is 4.74 Å². The average molecular weight is 252 g/mol. The lowest BCUT2D eigenvalue weighted by Crippen LogP contribution is -2.59. The van der Waals surface area contributed by atoms with Crippen LogP contribution in [0.3, 0.4) is 0 Å². The summed E-state index contributed by atoms with van der Waals surface area (Å²) in [6.45, 7) is 7.26. The fourth-order valence-electron chi connectivity index (χ4n) is 4.21. The maximum absolute atomic E-state index is 12.3. The van der Waals surface area contributed by atoms with Crippen LogP contribution in [0, 0.1) is 11.8 Å². The number of rotatable bonds is 2. The predicted octanol–water partition coefficient (Wildman–Crippen LogP) is 0.962. The highest BCUT2D eigenvalue weighted by molar-refractivity contribution is 5.77. The van der Waals surface area contributed by atoms with Crippen LogP contribution in [0.4, 0.5) is 0 Å². The summed E-state index contributed by atoms with van der Waals surface area (Å²) in [5.41, 5.74) is 0. The van der Waals surface area contributed by atoms with E-state index in [0.717, 1.165) is 12.5 Å². The van der Waals surface area contributed by atoms with Crippen LogP contribution in [0.1, 0.15) is 26.7 Å². The van der Waals surface area contributed by atoms with Crippen LogP contribution in [0.25, 0.3) is 0 Å². The fraction of sp³-hybridized carbons (Fsp3) is 0.929. The van der Waals surface area contributed by atoms with Gasteiger partial charge in [-0.2, -0.15) is 0 Å². The van der Waals surface area contributed by atoms with Crippen molar-refractivity contribution in [3.63, 3.8) is 0 Å². The molecule has 2 bridgehead atoms. The van der Waals surface area contributed by atoms with Crippen LogP contribution >= 0.6 is 0 Å². The lowest BCUT2D eigenvalue weighted by Gasteiger charge is -2.49. The van der Waals surface area contributed by atoms with Crippen molar-refractivity contribution in [2.45, 2.75) is 44.9 Å². The molecule has 0 aromatic heterocycles. The third-order valence-electron chi connectivity index (χ3n) is 4.93. The molecule has 3 unspecified atom stereocenters. The molecule has 18 heavy (non-hydrogen) atoms. The molecule has 3 atom stereocenters. The molecule has 4 rings (SSSR count). The molecule has 4 heteroatoms. The van der Waals surface area contributed by atoms with Gasteiger partial charge in [0.2, 0.25) is 0 Å². The number of likely N-dealkylation sites (N-methyl/N-ethyl adjacent to an activating group) is 1. The number of hydrogen-bond acceptors (Lipinski definition) is 4. The number of fused-ring (bicyclic) bond motifs is 2. The molecular weight excluding hydrogens is 228 g/mol. The van der Waals surface area contributed by atoms with Gasteiger partial charge in [-0.25, -0.2) is 0 Å². The second-order valence-corrected chi connectivity index (χ2v) is 6.40. The number of esters is 1. The highest BCUT2D eigenvalue weighted by atomic mass is 16.5. The SMILES string of the molecule is CC(C)OC(=O)C1C2C(CN1C)C1CCN2CC1. The number of nitrogens with zero attached hydrogens (tertiary/aromatic N) is 2. The summed E-state index contributed by atoms with van der Waals surface area (Å²) in [4.78, 5) is 17.1. The summed E-state index contributed by atoms with van der Waals surface area (Å²) >= 11 is 0. The standard InChI is InChI=1S/C14H24N2O2/c1-9(2)18-14(17)13-12-11(8-15(13)3)10-4-6-16(12)7-5-10/h9-13H,4-8H2,1-3H3. The van der Waals surface area contributed by atoms with Crippen molar-refractivity contribution >= 4 is 5.97 Å². The van der Waals surface area contributed by atoms with Crippen LogP contribution < -0.4 is 0 Å². The van der Waals surface area contributed by atoms with Gasteiger partial charge >= 0.3 is 5.97 Å². The summed E-state index contributed by atoms with van der Waals surface area (Å²) in [6.07, 6.45) is 2.63. The van der Waals surface area contributed by atoms with Crippen LogP contribution in [0.15, 0.2) is 0 Å². The number of carbonyl (C=O) groups is 1. The smallest absolute Gasteiger partial charge is 0.325 e. The van der Waals surface area contributed by atoms with Gasteiger partial charge in [-0.1, -0.05) is 0 Å². The largest absolute Gasteiger partial charge is 0.462 e. The quantitative estimate of drug-likeness (QED) is 0.685. The molecule has 102 valence electrons. The third-order valence-corrected chi connectivity index (χ3v) is 4.93. The maximum Gasteiger partial charge on any atom is 0.325 e. The zero-order valence-electron chi connectivity index (χ0n) is 11.6. The van der Waals surface area contributed by atoms with E-state index in [1.54, 1.807) is 0 Å². The Balaban J connectivity index is 1.80. The van der Waals surface area contributed by atoms with E-state index in [1.165, 1.54) is 25.9 Å². The van der Waals surface area contributed by atoms with Gasteiger partial charge in [0.15, 0.2) is 0 Å². The Morgan fingerprint density at radius 3 is 2.56 bits per heavy atom. The van der Waals surface area contributed by atoms with E-state index in [0.29, 0.717) is 12.0 Å². The molecule has 4 nitrogen and oxygen atoms in total. The summed E-state index contributed by atoms with van der Waals surface area (Å²) in [5.74, 6) is 1.49. The number of piperidine rings is 3. The van der Waals surface area contributed by atoms with Crippen molar-refractivity contribution in [1.82, 2.24) is 9.80 Å². The minimum absolute atomic E-state index is 0.0132. The summed E-state index contributed by atoms with van der Waals surface area (Å²) < 4.78 is 5.45. The maximum atomic E-state index is 12.3. The van der Waals surface area contributed by atoms with Crippen molar-refractivity contribution in [1.29, 1.82) is 0 Å². The van der Waals surface area contributed by atoms with Crippen LogP contribution in [-0.2, 0) is 9.53 Å². The van der Waals surface area contributed by atoms with Gasteiger partial charge in [-0.05, 0) is 58.7 Å². The molecule has 4 fully saturated rings. The van der Waals surface area contributed by atoms with E-state index in [-0.39, 0.29) is 18.1 Å². The molecule has 0 amide bonds. The zero-order chi connectivity index (χ0) is 12.9. The fourth-order valence-corrected chi connectivity index (χ4v) is 4.21. The number of carbonyl (C=O) groups excluding carboxylic acids is 1. The Bertz CT molecular complexity index is 337. The molecule has 0 aliphatic carbocycles. The number of hydrogen-bond donors (Lipinski definition) is 0. The van der Waals surface area contributed by atoms with Gasteiger partial charge in [0.25, 0.3) is 0 Å². The summed E-state index contributed by atoms with van der Waals surface area (Å²) in [6, 6.07) is 0.370. The van der Waals surface area contributed by atoms with E-state index >= 15 is 0 Å². The number of ether oxygens (including phenoxy) is 1. The van der Waals surface area contributed by atoms with Gasteiger partial charge in [0.05, 0.1) is 6.10 Å². The third kappa shape index (κ3) is 1.86. The van der Waals surface area contributed by atoms with E-state index in [9.17, 15) is 4.79 Å². The minimum atomic E-state index is -0.0412. The molecule has 0 saturated carbocycles. The van der Waals surface area contributed by atoms with Crippen molar-refractivity contribution in [3.05, 3.63) is 0 Å². The average Bonchev–Trinajstić information content (AvgIpc) is 2.68. The Labute approximate surface area is 109 Å². The normalized spacial score (nSPS) is 43.2. The molecule has 0 aromatic carbocycles. The first-order valence-electron chi connectivity index (χ1n) is 7.22. The van der Waals surface area contributed by atoms with Crippen molar-refractivity contribution in [2.24, 2.45) is 11.8 Å². The van der Waals surface area contributed by atoms with Crippen molar-refractivity contribution in [3.8, 4) is 0 Å². The molecule has 0 spiro atoms. The summed E-state index contributed by atoms with van der Waals surface area (Å²) in [7, 11) is 2.07. The topological polar surface area (TPSA) is 32.8 Å². The predicted molar refractivity (Wildman–Crippen MR) is 69.2 cm³/mol. The first-order chi connectivity index (χ1) is 8.58. The molecule has 0 radical (unpaired) electrons. The highest BCUT2D eigenvalue weighted by Gasteiger charge is 2.54. The van der Waals surface area contributed by atoms with E-state index in [1.807, 2.05) is 13.8 Å². The molecular formula is C14H24N2O2. The second-order valence-electron chi connectivity index (χ2n) is 6.40. The van der Waals surface area contributed by atoms with Gasteiger partial charge in [0.1, 0.15) is 6.04 Å². The lowest BCUT2D eigenvalue weighted by atomic mass is 9.74. The monoisotopic (exact) mass is 252 g/mol. The lowest BCUT2D eigenvalue weighted by molar-refractivity contribution is -0.155. The van der Waals surface area contributed by atoms with Crippen LogP contribution in [0.5, 0.6) is 0 Å². The minimum Gasteiger partial charge on any atom is -0.462 e. The summed E-state index contributed by atoms with van der Waals surface area (Å²) in [5, 5.41) is 0. The zero-order valence-corrected chi connectivity index (χ0v) is 11.6. The number of likely N-dealkylation sites (tertiary alicyclic amines) is 1. The van der Waals surface area contributed by atoms with Crippen molar-refractivity contribution in [2.75, 3.05) is 26.7 Å². The van der Waals surface area contributed by atoms with Gasteiger partial charge in [0, 0.05) is 12.6 Å². The van der Waals surface area contributed by atoms with Gasteiger partial charge in [-0.3, -0.25) is 14.6 Å². The molecule has 4 aliphatic heterocycles. The first-order valence-corrected chi connectivity index (χ1v) is 7.22. The molecule has 0 N–H and O–H groups in total. The second kappa shape index (κ2) is 4.49. The van der Waals surface area contributed by atoms with Gasteiger partial charge < -0.3 is 4.74 Å². The Hall–Kier alpha value is -0.610. The van der Waals surface area contributed by atoms with Crippen LogP contribution in [0.2, 0.25) is 0 Å². The van der Waals surface area contributed by atoms with E-state index < -0.39 is 0 Å². The van der Waals surface area contributed by atoms with Crippen molar-refractivity contribution < 1.29 is 9.53 Å². The van der Waals surface area contributed by atoms with E-state index in [2.05, 4.69) is 16.8 Å². The molecule has 4 saturated heterocycles. The first kappa shape index (κ1) is 12.4. The molecule has 4 heterocycles. The molecule has 0 aromatic rings. The molecule has 4 aliphatic rings. The Kier molecular flexibility index (Phi) is 3.10. The highest BCUT2D eigenvalue weighted by Crippen LogP contribution is 2.43. The Morgan fingerprint density at radius 2 is 1.94 bits per heavy atom. The van der Waals surface area contributed by atoms with Crippen LogP contribution in [-0.4, -0.2) is 60.6 Å². The van der Waals surface area contributed by atoms with Gasteiger partial charge in [-0.15, -0.1) is 0 Å².